The molecule has 0 unspecified atom stereocenters. The third-order valence-corrected chi connectivity index (χ3v) is 3.41. The highest BCUT2D eigenvalue weighted by Crippen LogP contribution is 2.22. The van der Waals surface area contributed by atoms with Crippen LogP contribution in [-0.2, 0) is 0 Å². The number of hydrogen-bond acceptors (Lipinski definition) is 3. The summed E-state index contributed by atoms with van der Waals surface area (Å²) in [5.41, 5.74) is 3.06. The molecular weight excluding hydrogens is 262 g/mol. The maximum Gasteiger partial charge on any atom is 0.119 e. The Balaban J connectivity index is 2.14. The van der Waals surface area contributed by atoms with E-state index in [0.717, 1.165) is 24.2 Å². The molecule has 0 bridgehead atoms. The predicted octanol–water partition coefficient (Wildman–Crippen LogP) is 4.11. The number of hydrogen-bond donors (Lipinski definition) is 2. The molecule has 2 N–H and O–H groups in total. The molecule has 3 nitrogen and oxygen atoms in total. The predicted molar refractivity (Wildman–Crippen MR) is 88.7 cm³/mol. The topological polar surface area (TPSA) is 43.7 Å². The van der Waals surface area contributed by atoms with Gasteiger partial charge >= 0.3 is 0 Å². The monoisotopic (exact) mass is 283 g/mol. The highest BCUT2D eigenvalue weighted by molar-refractivity contribution is 5.71. The highest BCUT2D eigenvalue weighted by Gasteiger charge is 2.00. The number of benzene rings is 2. The summed E-state index contributed by atoms with van der Waals surface area (Å²) in [6.45, 7) is 6.28. The quantitative estimate of drug-likeness (QED) is 0.811. The Hall–Kier alpha value is -2.42. The lowest BCUT2D eigenvalue weighted by atomic mass is 10.1. The molecule has 0 saturated heterocycles. The second-order valence-corrected chi connectivity index (χ2v) is 4.88. The fourth-order valence-corrected chi connectivity index (χ4v) is 2.29. The zero-order valence-corrected chi connectivity index (χ0v) is 12.5. The van der Waals surface area contributed by atoms with E-state index in [1.165, 1.54) is 11.8 Å². The molecular formula is C18H21NO2. The summed E-state index contributed by atoms with van der Waals surface area (Å²) < 4.78 is 0. The second-order valence-electron chi connectivity index (χ2n) is 4.88. The highest BCUT2D eigenvalue weighted by atomic mass is 16.3. The van der Waals surface area contributed by atoms with Crippen LogP contribution in [0, 0.1) is 0 Å². The number of aromatic hydroxyl groups is 2. The van der Waals surface area contributed by atoms with E-state index in [0.29, 0.717) is 0 Å². The first kappa shape index (κ1) is 15.0. The first-order chi connectivity index (χ1) is 10.1. The molecule has 0 radical (unpaired) electrons. The lowest BCUT2D eigenvalue weighted by Gasteiger charge is -2.20. The molecule has 0 aliphatic carbocycles. The van der Waals surface area contributed by atoms with Gasteiger partial charge in [-0.3, -0.25) is 0 Å². The van der Waals surface area contributed by atoms with Gasteiger partial charge in [0, 0.05) is 24.8 Å². The summed E-state index contributed by atoms with van der Waals surface area (Å²) in [6, 6.07) is 12.9. The standard InChI is InChI=1S/C18H21NO2/c1-3-19(4-2)16-9-7-14(8-10-16)5-6-15-11-17(20)13-18(21)12-15/h5-13,20-21H,3-4H2,1-2H3/b6-5+. The van der Waals surface area contributed by atoms with Crippen molar-refractivity contribution >= 4 is 17.8 Å². The summed E-state index contributed by atoms with van der Waals surface area (Å²) in [7, 11) is 0. The van der Waals surface area contributed by atoms with Crippen molar-refractivity contribution in [2.75, 3.05) is 18.0 Å². The molecule has 0 fully saturated rings. The van der Waals surface area contributed by atoms with E-state index < -0.39 is 0 Å². The van der Waals surface area contributed by atoms with Crippen molar-refractivity contribution in [2.24, 2.45) is 0 Å². The molecule has 110 valence electrons. The smallest absolute Gasteiger partial charge is 0.119 e. The fraction of sp³-hybridized carbons (Fsp3) is 0.222. The van der Waals surface area contributed by atoms with Gasteiger partial charge in [0.1, 0.15) is 11.5 Å². The number of nitrogens with zero attached hydrogens (tertiary/aromatic N) is 1. The van der Waals surface area contributed by atoms with Crippen LogP contribution in [0.4, 0.5) is 5.69 Å². The van der Waals surface area contributed by atoms with E-state index in [4.69, 9.17) is 0 Å². The first-order valence-electron chi connectivity index (χ1n) is 7.18. The molecule has 0 amide bonds. The van der Waals surface area contributed by atoms with Gasteiger partial charge in [-0.05, 0) is 49.2 Å². The van der Waals surface area contributed by atoms with E-state index in [9.17, 15) is 10.2 Å². The summed E-state index contributed by atoms with van der Waals surface area (Å²) in [5.74, 6) is 0.123. The van der Waals surface area contributed by atoms with Crippen molar-refractivity contribution in [3.63, 3.8) is 0 Å². The van der Waals surface area contributed by atoms with Crippen LogP contribution >= 0.6 is 0 Å². The Morgan fingerprint density at radius 2 is 1.33 bits per heavy atom. The molecule has 0 aromatic heterocycles. The van der Waals surface area contributed by atoms with E-state index in [1.54, 1.807) is 12.1 Å². The summed E-state index contributed by atoms with van der Waals surface area (Å²) in [4.78, 5) is 2.29. The van der Waals surface area contributed by atoms with Crippen LogP contribution in [0.1, 0.15) is 25.0 Å². The van der Waals surface area contributed by atoms with Gasteiger partial charge in [-0.2, -0.15) is 0 Å². The minimum absolute atomic E-state index is 0.0616. The lowest BCUT2D eigenvalue weighted by molar-refractivity contribution is 0.450. The average molecular weight is 283 g/mol. The zero-order chi connectivity index (χ0) is 15.2. The minimum Gasteiger partial charge on any atom is -0.508 e. The van der Waals surface area contributed by atoms with Gasteiger partial charge in [0.25, 0.3) is 0 Å². The first-order valence-corrected chi connectivity index (χ1v) is 7.18. The van der Waals surface area contributed by atoms with Crippen LogP contribution in [0.3, 0.4) is 0 Å². The van der Waals surface area contributed by atoms with Gasteiger partial charge < -0.3 is 15.1 Å². The molecule has 0 aliphatic heterocycles. The summed E-state index contributed by atoms with van der Waals surface area (Å²) >= 11 is 0. The molecule has 0 aliphatic rings. The van der Waals surface area contributed by atoms with Crippen LogP contribution in [-0.4, -0.2) is 23.3 Å². The molecule has 0 heterocycles. The van der Waals surface area contributed by atoms with Gasteiger partial charge in [0.2, 0.25) is 0 Å². The van der Waals surface area contributed by atoms with Crippen LogP contribution in [0.25, 0.3) is 12.2 Å². The normalized spacial score (nSPS) is 11.0. The van der Waals surface area contributed by atoms with Gasteiger partial charge in [-0.25, -0.2) is 0 Å². The van der Waals surface area contributed by atoms with Gasteiger partial charge in [0.05, 0.1) is 0 Å². The van der Waals surface area contributed by atoms with Crippen molar-refractivity contribution in [3.05, 3.63) is 53.6 Å². The van der Waals surface area contributed by atoms with Crippen LogP contribution in [0.15, 0.2) is 42.5 Å². The third-order valence-electron chi connectivity index (χ3n) is 3.41. The van der Waals surface area contributed by atoms with Crippen molar-refractivity contribution < 1.29 is 10.2 Å². The number of anilines is 1. The summed E-state index contributed by atoms with van der Waals surface area (Å²) in [6.07, 6.45) is 3.83. The van der Waals surface area contributed by atoms with Crippen molar-refractivity contribution in [3.8, 4) is 11.5 Å². The minimum atomic E-state index is 0.0616. The maximum atomic E-state index is 9.44. The molecule has 0 spiro atoms. The van der Waals surface area contributed by atoms with Gasteiger partial charge in [-0.1, -0.05) is 24.3 Å². The van der Waals surface area contributed by atoms with Crippen LogP contribution in [0.2, 0.25) is 0 Å². The molecule has 2 aromatic rings. The largest absolute Gasteiger partial charge is 0.508 e. The van der Waals surface area contributed by atoms with Gasteiger partial charge in [0.15, 0.2) is 0 Å². The van der Waals surface area contributed by atoms with Crippen LogP contribution < -0.4 is 4.90 Å². The van der Waals surface area contributed by atoms with E-state index in [-0.39, 0.29) is 11.5 Å². The van der Waals surface area contributed by atoms with Crippen molar-refractivity contribution in [2.45, 2.75) is 13.8 Å². The molecule has 2 aromatic carbocycles. The van der Waals surface area contributed by atoms with E-state index >= 15 is 0 Å². The molecule has 0 atom stereocenters. The van der Waals surface area contributed by atoms with Crippen molar-refractivity contribution in [1.82, 2.24) is 0 Å². The number of phenolic OH excluding ortho intramolecular Hbond substituents is 2. The molecule has 21 heavy (non-hydrogen) atoms. The van der Waals surface area contributed by atoms with Gasteiger partial charge in [-0.15, -0.1) is 0 Å². The van der Waals surface area contributed by atoms with Crippen molar-refractivity contribution in [1.29, 1.82) is 0 Å². The summed E-state index contributed by atoms with van der Waals surface area (Å²) in [5, 5.41) is 18.9. The maximum absolute atomic E-state index is 9.44. The third kappa shape index (κ3) is 4.02. The van der Waals surface area contributed by atoms with E-state index in [1.807, 2.05) is 12.2 Å². The fourth-order valence-electron chi connectivity index (χ4n) is 2.29. The van der Waals surface area contributed by atoms with Crippen LogP contribution in [0.5, 0.6) is 11.5 Å². The second kappa shape index (κ2) is 6.84. The lowest BCUT2D eigenvalue weighted by Crippen LogP contribution is -2.21. The SMILES string of the molecule is CCN(CC)c1ccc(/C=C/c2cc(O)cc(O)c2)cc1. The molecule has 3 heteroatoms. The average Bonchev–Trinajstić information content (AvgIpc) is 2.47. The molecule has 0 saturated carbocycles. The number of rotatable bonds is 5. The Bertz CT molecular complexity index is 593. The Morgan fingerprint density at radius 1 is 0.810 bits per heavy atom. The Morgan fingerprint density at radius 3 is 1.86 bits per heavy atom. The zero-order valence-electron chi connectivity index (χ0n) is 12.5. The Labute approximate surface area is 125 Å². The van der Waals surface area contributed by atoms with E-state index in [2.05, 4.69) is 43.0 Å². The number of phenols is 2. The molecule has 2 rings (SSSR count). The Kier molecular flexibility index (Phi) is 4.88.